The Morgan fingerprint density at radius 2 is 1.89 bits per heavy atom. The van der Waals surface area contributed by atoms with E-state index in [9.17, 15) is 9.59 Å². The molecule has 1 aliphatic heterocycles. The zero-order valence-corrected chi connectivity index (χ0v) is 15.7. The zero-order valence-electron chi connectivity index (χ0n) is 15.7. The zero-order chi connectivity index (χ0) is 19.2. The average molecular weight is 367 g/mol. The Labute approximate surface area is 159 Å². The Bertz CT molecular complexity index is 808. The molecule has 1 aliphatic rings. The molecule has 0 aliphatic carbocycles. The monoisotopic (exact) mass is 367 g/mol. The normalized spacial score (nSPS) is 16.5. The number of carbonyl (C=O) groups excluding carboxylic acids is 2. The minimum absolute atomic E-state index is 0.0869. The number of anilines is 2. The van der Waals surface area contributed by atoms with Gasteiger partial charge in [0.25, 0.3) is 0 Å². The van der Waals surface area contributed by atoms with E-state index in [2.05, 4.69) is 10.6 Å². The molecule has 2 N–H and O–H groups in total. The molecule has 1 saturated heterocycles. The third kappa shape index (κ3) is 4.78. The maximum absolute atomic E-state index is 12.7. The van der Waals surface area contributed by atoms with Gasteiger partial charge in [0.15, 0.2) is 0 Å². The molecule has 0 bridgehead atoms. The Morgan fingerprint density at radius 3 is 2.63 bits per heavy atom. The molecule has 0 unspecified atom stereocenters. The van der Waals surface area contributed by atoms with E-state index in [1.807, 2.05) is 55.5 Å². The highest BCUT2D eigenvalue weighted by atomic mass is 16.5. The van der Waals surface area contributed by atoms with Gasteiger partial charge in [-0.25, -0.2) is 4.79 Å². The number of nitrogens with zero attached hydrogens (tertiary/aromatic N) is 1. The number of para-hydroxylation sites is 1. The summed E-state index contributed by atoms with van der Waals surface area (Å²) >= 11 is 0. The number of carbonyl (C=O) groups is 2. The van der Waals surface area contributed by atoms with Crippen molar-refractivity contribution in [3.05, 3.63) is 54.1 Å². The number of benzene rings is 2. The van der Waals surface area contributed by atoms with Gasteiger partial charge in [0.1, 0.15) is 5.75 Å². The Morgan fingerprint density at radius 1 is 1.11 bits per heavy atom. The smallest absolute Gasteiger partial charge is 0.321 e. The molecule has 6 heteroatoms. The summed E-state index contributed by atoms with van der Waals surface area (Å²) in [5, 5.41) is 5.84. The topological polar surface area (TPSA) is 70.7 Å². The number of urea groups is 1. The van der Waals surface area contributed by atoms with Crippen LogP contribution in [0.1, 0.15) is 18.4 Å². The van der Waals surface area contributed by atoms with E-state index < -0.39 is 0 Å². The molecule has 27 heavy (non-hydrogen) atoms. The van der Waals surface area contributed by atoms with Crippen LogP contribution in [-0.2, 0) is 4.79 Å². The third-order valence-corrected chi connectivity index (χ3v) is 4.72. The van der Waals surface area contributed by atoms with Gasteiger partial charge in [0.2, 0.25) is 5.91 Å². The second kappa shape index (κ2) is 8.58. The first kappa shape index (κ1) is 18.8. The number of aryl methyl sites for hydroxylation is 1. The maximum atomic E-state index is 12.7. The molecule has 1 fully saturated rings. The second-order valence-corrected chi connectivity index (χ2v) is 6.77. The molecular weight excluding hydrogens is 342 g/mol. The van der Waals surface area contributed by atoms with Crippen molar-refractivity contribution in [1.82, 2.24) is 4.90 Å². The lowest BCUT2D eigenvalue weighted by Gasteiger charge is -2.32. The Hall–Kier alpha value is -3.02. The fraction of sp³-hybridized carbons (Fsp3) is 0.333. The van der Waals surface area contributed by atoms with Gasteiger partial charge in [-0.1, -0.05) is 24.3 Å². The fourth-order valence-electron chi connectivity index (χ4n) is 3.25. The lowest BCUT2D eigenvalue weighted by molar-refractivity contribution is -0.121. The number of rotatable bonds is 4. The number of piperidine rings is 1. The summed E-state index contributed by atoms with van der Waals surface area (Å²) in [7, 11) is 1.58. The van der Waals surface area contributed by atoms with E-state index in [-0.39, 0.29) is 17.9 Å². The largest absolute Gasteiger partial charge is 0.495 e. The van der Waals surface area contributed by atoms with Crippen LogP contribution in [0.3, 0.4) is 0 Å². The average Bonchev–Trinajstić information content (AvgIpc) is 2.69. The molecule has 0 aromatic heterocycles. The summed E-state index contributed by atoms with van der Waals surface area (Å²) < 4.78 is 5.33. The predicted octanol–water partition coefficient (Wildman–Crippen LogP) is 3.89. The van der Waals surface area contributed by atoms with Crippen molar-refractivity contribution in [3.8, 4) is 5.75 Å². The Kier molecular flexibility index (Phi) is 5.96. The highest BCUT2D eigenvalue weighted by Gasteiger charge is 2.29. The van der Waals surface area contributed by atoms with Crippen molar-refractivity contribution < 1.29 is 14.3 Å². The van der Waals surface area contributed by atoms with E-state index in [0.717, 1.165) is 24.1 Å². The molecule has 0 radical (unpaired) electrons. The first-order valence-electron chi connectivity index (χ1n) is 9.13. The summed E-state index contributed by atoms with van der Waals surface area (Å²) in [6.07, 6.45) is 1.56. The molecule has 0 saturated carbocycles. The first-order valence-corrected chi connectivity index (χ1v) is 9.13. The Balaban J connectivity index is 1.63. The van der Waals surface area contributed by atoms with Gasteiger partial charge in [-0.05, 0) is 49.6 Å². The van der Waals surface area contributed by atoms with Gasteiger partial charge in [0, 0.05) is 18.8 Å². The molecule has 3 amide bonds. The van der Waals surface area contributed by atoms with Crippen LogP contribution >= 0.6 is 0 Å². The molecule has 1 atom stereocenters. The van der Waals surface area contributed by atoms with Crippen molar-refractivity contribution >= 4 is 23.3 Å². The van der Waals surface area contributed by atoms with E-state index >= 15 is 0 Å². The van der Waals surface area contributed by atoms with Crippen molar-refractivity contribution in [2.24, 2.45) is 5.92 Å². The van der Waals surface area contributed by atoms with Crippen molar-refractivity contribution in [3.63, 3.8) is 0 Å². The minimum Gasteiger partial charge on any atom is -0.495 e. The van der Waals surface area contributed by atoms with E-state index in [4.69, 9.17) is 4.74 Å². The van der Waals surface area contributed by atoms with Crippen LogP contribution in [0.2, 0.25) is 0 Å². The van der Waals surface area contributed by atoms with Crippen molar-refractivity contribution in [2.45, 2.75) is 19.8 Å². The van der Waals surface area contributed by atoms with Crippen LogP contribution in [-0.4, -0.2) is 37.0 Å². The molecule has 2 aromatic carbocycles. The van der Waals surface area contributed by atoms with Crippen LogP contribution in [0, 0.1) is 12.8 Å². The molecule has 1 heterocycles. The fourth-order valence-corrected chi connectivity index (χ4v) is 3.25. The highest BCUT2D eigenvalue weighted by Crippen LogP contribution is 2.27. The number of likely N-dealkylation sites (tertiary alicyclic amines) is 1. The lowest BCUT2D eigenvalue weighted by atomic mass is 9.97. The molecule has 142 valence electrons. The van der Waals surface area contributed by atoms with E-state index in [1.54, 1.807) is 12.0 Å². The van der Waals surface area contributed by atoms with Gasteiger partial charge in [-0.15, -0.1) is 0 Å². The van der Waals surface area contributed by atoms with Gasteiger partial charge < -0.3 is 20.3 Å². The van der Waals surface area contributed by atoms with Gasteiger partial charge in [0.05, 0.1) is 18.7 Å². The quantitative estimate of drug-likeness (QED) is 0.861. The van der Waals surface area contributed by atoms with Crippen LogP contribution in [0.15, 0.2) is 48.5 Å². The maximum Gasteiger partial charge on any atom is 0.321 e. The predicted molar refractivity (Wildman–Crippen MR) is 106 cm³/mol. The number of hydrogen-bond acceptors (Lipinski definition) is 3. The second-order valence-electron chi connectivity index (χ2n) is 6.77. The van der Waals surface area contributed by atoms with Crippen LogP contribution < -0.4 is 15.4 Å². The standard InChI is InChI=1S/C21H25N3O3/c1-15-10-11-19(27-2)18(13-15)23-20(25)16-7-6-12-24(14-16)21(26)22-17-8-4-3-5-9-17/h3-5,8-11,13,16H,6-7,12,14H2,1-2H3,(H,22,26)(H,23,25)/t16-/m1/s1. The first-order chi connectivity index (χ1) is 13.1. The number of hydrogen-bond donors (Lipinski definition) is 2. The van der Waals surface area contributed by atoms with Gasteiger partial charge >= 0.3 is 6.03 Å². The number of ether oxygens (including phenoxy) is 1. The molecule has 6 nitrogen and oxygen atoms in total. The number of amides is 3. The van der Waals surface area contributed by atoms with Crippen LogP contribution in [0.4, 0.5) is 16.2 Å². The minimum atomic E-state index is -0.245. The van der Waals surface area contributed by atoms with Gasteiger partial charge in [-0.3, -0.25) is 4.79 Å². The summed E-state index contributed by atoms with van der Waals surface area (Å²) in [6, 6.07) is 14.8. The van der Waals surface area contributed by atoms with Crippen LogP contribution in [0.5, 0.6) is 5.75 Å². The molecule has 0 spiro atoms. The highest BCUT2D eigenvalue weighted by molar-refractivity contribution is 5.95. The number of methoxy groups -OCH3 is 1. The summed E-state index contributed by atoms with van der Waals surface area (Å²) in [5.41, 5.74) is 2.45. The summed E-state index contributed by atoms with van der Waals surface area (Å²) in [6.45, 7) is 3.01. The summed E-state index contributed by atoms with van der Waals surface area (Å²) in [4.78, 5) is 27.0. The molecule has 2 aromatic rings. The lowest BCUT2D eigenvalue weighted by Crippen LogP contribution is -2.45. The van der Waals surface area contributed by atoms with Crippen molar-refractivity contribution in [1.29, 1.82) is 0 Å². The van der Waals surface area contributed by atoms with E-state index in [0.29, 0.717) is 24.5 Å². The molecule has 3 rings (SSSR count). The van der Waals surface area contributed by atoms with Crippen LogP contribution in [0.25, 0.3) is 0 Å². The van der Waals surface area contributed by atoms with Gasteiger partial charge in [-0.2, -0.15) is 0 Å². The third-order valence-electron chi connectivity index (χ3n) is 4.72. The molecular formula is C21H25N3O3. The summed E-state index contributed by atoms with van der Waals surface area (Å²) in [5.74, 6) is 0.296. The number of nitrogens with one attached hydrogen (secondary N) is 2. The van der Waals surface area contributed by atoms with Crippen molar-refractivity contribution in [2.75, 3.05) is 30.8 Å². The van der Waals surface area contributed by atoms with E-state index in [1.165, 1.54) is 0 Å². The SMILES string of the molecule is COc1ccc(C)cc1NC(=O)[C@@H]1CCCN(C(=O)Nc2ccccc2)C1.